The van der Waals surface area contributed by atoms with Crippen LogP contribution in [0.4, 0.5) is 0 Å². The van der Waals surface area contributed by atoms with Gasteiger partial charge in [-0.25, -0.2) is 4.68 Å². The molecule has 0 saturated carbocycles. The number of hydrogen-bond acceptors (Lipinski definition) is 5. The van der Waals surface area contributed by atoms with E-state index >= 15 is 0 Å². The Morgan fingerprint density at radius 1 is 1.20 bits per heavy atom. The molecular formula is C18H19N5O2. The van der Waals surface area contributed by atoms with Crippen molar-refractivity contribution in [2.75, 3.05) is 13.1 Å². The Balaban J connectivity index is 1.47. The van der Waals surface area contributed by atoms with Crippen LogP contribution < -0.4 is 0 Å². The molecule has 25 heavy (non-hydrogen) atoms. The Bertz CT molecular complexity index is 896. The average molecular weight is 337 g/mol. The van der Waals surface area contributed by atoms with Crippen molar-refractivity contribution in [1.29, 1.82) is 0 Å². The second kappa shape index (κ2) is 6.16. The number of aromatic nitrogens is 4. The summed E-state index contributed by atoms with van der Waals surface area (Å²) >= 11 is 0. The number of nitrogens with zero attached hydrogens (tertiary/aromatic N) is 5. The zero-order chi connectivity index (χ0) is 17.4. The minimum atomic E-state index is 0.0301. The van der Waals surface area contributed by atoms with Crippen molar-refractivity contribution in [1.82, 2.24) is 24.8 Å². The van der Waals surface area contributed by atoms with Gasteiger partial charge in [-0.05, 0) is 50.6 Å². The van der Waals surface area contributed by atoms with Crippen LogP contribution in [0.2, 0.25) is 0 Å². The quantitative estimate of drug-likeness (QED) is 0.734. The Morgan fingerprint density at radius 2 is 2.00 bits per heavy atom. The van der Waals surface area contributed by atoms with E-state index in [1.54, 1.807) is 13.1 Å². The predicted molar refractivity (Wildman–Crippen MR) is 90.6 cm³/mol. The SMILES string of the molecule is Cc1noc(C2CCN(C(=O)c3ccc(-n4nccc4C)cc3)C2)n1. The summed E-state index contributed by atoms with van der Waals surface area (Å²) in [6, 6.07) is 9.49. The van der Waals surface area contributed by atoms with Crippen molar-refractivity contribution in [3.8, 4) is 5.69 Å². The highest BCUT2D eigenvalue weighted by Gasteiger charge is 2.31. The van der Waals surface area contributed by atoms with Crippen molar-refractivity contribution < 1.29 is 9.32 Å². The standard InChI is InChI=1S/C18H19N5O2/c1-12-7-9-19-23(12)16-5-3-14(4-6-16)18(24)22-10-8-15(11-22)17-20-13(2)21-25-17/h3-7,9,15H,8,10-11H2,1-2H3. The molecule has 0 N–H and O–H groups in total. The summed E-state index contributed by atoms with van der Waals surface area (Å²) < 4.78 is 7.09. The molecule has 1 atom stereocenters. The van der Waals surface area contributed by atoms with E-state index in [-0.39, 0.29) is 11.8 Å². The Morgan fingerprint density at radius 3 is 2.64 bits per heavy atom. The third-order valence-electron chi connectivity index (χ3n) is 4.56. The lowest BCUT2D eigenvalue weighted by Crippen LogP contribution is -2.28. The molecule has 0 spiro atoms. The lowest BCUT2D eigenvalue weighted by Gasteiger charge is -2.16. The lowest BCUT2D eigenvalue weighted by molar-refractivity contribution is 0.0789. The molecule has 1 fully saturated rings. The Kier molecular flexibility index (Phi) is 3.83. The van der Waals surface area contributed by atoms with Crippen molar-refractivity contribution in [2.24, 2.45) is 0 Å². The molecule has 128 valence electrons. The molecule has 1 aliphatic rings. The van der Waals surface area contributed by atoms with E-state index < -0.39 is 0 Å². The second-order valence-corrected chi connectivity index (χ2v) is 6.35. The second-order valence-electron chi connectivity index (χ2n) is 6.35. The van der Waals surface area contributed by atoms with E-state index in [1.807, 2.05) is 46.8 Å². The number of aryl methyl sites for hydroxylation is 2. The summed E-state index contributed by atoms with van der Waals surface area (Å²) in [6.07, 6.45) is 2.61. The molecule has 7 heteroatoms. The fraction of sp³-hybridized carbons (Fsp3) is 0.333. The van der Waals surface area contributed by atoms with Gasteiger partial charge < -0.3 is 9.42 Å². The minimum absolute atomic E-state index is 0.0301. The monoisotopic (exact) mass is 337 g/mol. The van der Waals surface area contributed by atoms with Gasteiger partial charge in [0.1, 0.15) is 0 Å². The van der Waals surface area contributed by atoms with Gasteiger partial charge in [-0.3, -0.25) is 4.79 Å². The van der Waals surface area contributed by atoms with Gasteiger partial charge in [0, 0.05) is 30.5 Å². The molecule has 7 nitrogen and oxygen atoms in total. The fourth-order valence-electron chi connectivity index (χ4n) is 3.19. The van der Waals surface area contributed by atoms with E-state index in [0.29, 0.717) is 30.4 Å². The zero-order valence-corrected chi connectivity index (χ0v) is 14.2. The maximum Gasteiger partial charge on any atom is 0.253 e. The van der Waals surface area contributed by atoms with Crippen LogP contribution in [-0.4, -0.2) is 43.8 Å². The predicted octanol–water partition coefficient (Wildman–Crippen LogP) is 2.50. The molecule has 3 aromatic rings. The molecule has 1 amide bonds. The van der Waals surface area contributed by atoms with Crippen LogP contribution in [0.1, 0.15) is 40.1 Å². The molecule has 0 bridgehead atoms. The van der Waals surface area contributed by atoms with Gasteiger partial charge in [-0.2, -0.15) is 10.1 Å². The van der Waals surface area contributed by atoms with Crippen LogP contribution in [0, 0.1) is 13.8 Å². The van der Waals surface area contributed by atoms with Crippen LogP contribution in [0.3, 0.4) is 0 Å². The highest BCUT2D eigenvalue weighted by molar-refractivity contribution is 5.94. The third-order valence-corrected chi connectivity index (χ3v) is 4.56. The number of likely N-dealkylation sites (tertiary alicyclic amines) is 1. The zero-order valence-electron chi connectivity index (χ0n) is 14.2. The van der Waals surface area contributed by atoms with Gasteiger partial charge in [-0.15, -0.1) is 0 Å². The van der Waals surface area contributed by atoms with Crippen molar-refractivity contribution in [3.05, 3.63) is 59.5 Å². The van der Waals surface area contributed by atoms with Gasteiger partial charge in [-0.1, -0.05) is 5.16 Å². The van der Waals surface area contributed by atoms with Gasteiger partial charge in [0.05, 0.1) is 11.6 Å². The number of amides is 1. The molecule has 1 aliphatic heterocycles. The highest BCUT2D eigenvalue weighted by Crippen LogP contribution is 2.27. The molecular weight excluding hydrogens is 318 g/mol. The number of carbonyl (C=O) groups is 1. The van der Waals surface area contributed by atoms with Crippen molar-refractivity contribution in [2.45, 2.75) is 26.2 Å². The van der Waals surface area contributed by atoms with Crippen LogP contribution in [0.5, 0.6) is 0 Å². The first kappa shape index (κ1) is 15.6. The number of rotatable bonds is 3. The summed E-state index contributed by atoms with van der Waals surface area (Å²) in [6.45, 7) is 5.11. The summed E-state index contributed by atoms with van der Waals surface area (Å²) in [7, 11) is 0. The lowest BCUT2D eigenvalue weighted by atomic mass is 10.1. The first-order chi connectivity index (χ1) is 12.1. The van der Waals surface area contributed by atoms with Crippen molar-refractivity contribution >= 4 is 5.91 Å². The van der Waals surface area contributed by atoms with Gasteiger partial charge >= 0.3 is 0 Å². The van der Waals surface area contributed by atoms with Gasteiger partial charge in [0.25, 0.3) is 5.91 Å². The third kappa shape index (κ3) is 2.93. The number of carbonyl (C=O) groups excluding carboxylic acids is 1. The summed E-state index contributed by atoms with van der Waals surface area (Å²) in [5, 5.41) is 8.11. The van der Waals surface area contributed by atoms with E-state index in [4.69, 9.17) is 4.52 Å². The summed E-state index contributed by atoms with van der Waals surface area (Å²) in [5.74, 6) is 1.40. The largest absolute Gasteiger partial charge is 0.339 e. The Labute approximate surface area is 145 Å². The first-order valence-electron chi connectivity index (χ1n) is 8.32. The molecule has 4 rings (SSSR count). The molecule has 1 saturated heterocycles. The molecule has 2 aromatic heterocycles. The van der Waals surface area contributed by atoms with E-state index in [2.05, 4.69) is 15.2 Å². The summed E-state index contributed by atoms with van der Waals surface area (Å²) in [4.78, 5) is 18.9. The van der Waals surface area contributed by atoms with Crippen LogP contribution in [0.25, 0.3) is 5.69 Å². The van der Waals surface area contributed by atoms with Crippen LogP contribution in [0.15, 0.2) is 41.1 Å². The average Bonchev–Trinajstić information content (AvgIpc) is 3.35. The van der Waals surface area contributed by atoms with Gasteiger partial charge in [0.2, 0.25) is 5.89 Å². The molecule has 3 heterocycles. The smallest absolute Gasteiger partial charge is 0.253 e. The molecule has 0 aliphatic carbocycles. The first-order valence-corrected chi connectivity index (χ1v) is 8.32. The van der Waals surface area contributed by atoms with E-state index in [1.165, 1.54) is 0 Å². The molecule has 1 aromatic carbocycles. The molecule has 1 unspecified atom stereocenters. The highest BCUT2D eigenvalue weighted by atomic mass is 16.5. The Hall–Kier alpha value is -2.96. The molecule has 0 radical (unpaired) electrons. The van der Waals surface area contributed by atoms with Crippen molar-refractivity contribution in [3.63, 3.8) is 0 Å². The van der Waals surface area contributed by atoms with Crippen LogP contribution in [-0.2, 0) is 0 Å². The maximum atomic E-state index is 12.7. The number of hydrogen-bond donors (Lipinski definition) is 0. The summed E-state index contributed by atoms with van der Waals surface area (Å²) in [5.41, 5.74) is 2.67. The van der Waals surface area contributed by atoms with E-state index in [9.17, 15) is 4.79 Å². The minimum Gasteiger partial charge on any atom is -0.339 e. The van der Waals surface area contributed by atoms with E-state index in [0.717, 1.165) is 17.8 Å². The number of benzene rings is 1. The fourth-order valence-corrected chi connectivity index (χ4v) is 3.19. The van der Waals surface area contributed by atoms with Crippen LogP contribution >= 0.6 is 0 Å². The topological polar surface area (TPSA) is 77.0 Å². The van der Waals surface area contributed by atoms with Gasteiger partial charge in [0.15, 0.2) is 5.82 Å². The maximum absolute atomic E-state index is 12.7. The normalized spacial score (nSPS) is 17.2.